The lowest BCUT2D eigenvalue weighted by Gasteiger charge is -2.13. The molecule has 128 valence electrons. The third-order valence-electron chi connectivity index (χ3n) is 3.98. The summed E-state index contributed by atoms with van der Waals surface area (Å²) in [5.74, 6) is -0.140. The first kappa shape index (κ1) is 16.8. The number of anilines is 2. The molecule has 5 nitrogen and oxygen atoms in total. The zero-order valence-corrected chi connectivity index (χ0v) is 14.7. The van der Waals surface area contributed by atoms with Gasteiger partial charge in [0, 0.05) is 31.5 Å². The smallest absolute Gasteiger partial charge is 0.255 e. The van der Waals surface area contributed by atoms with Crippen LogP contribution in [0.5, 0.6) is 0 Å². The van der Waals surface area contributed by atoms with Crippen molar-refractivity contribution < 1.29 is 4.79 Å². The number of nitrogens with one attached hydrogen (secondary N) is 1. The third kappa shape index (κ3) is 4.26. The Labute approximate surface area is 147 Å². The summed E-state index contributed by atoms with van der Waals surface area (Å²) in [7, 11) is 3.90. The van der Waals surface area contributed by atoms with Gasteiger partial charge >= 0.3 is 0 Å². The van der Waals surface area contributed by atoms with Gasteiger partial charge in [-0.2, -0.15) is 5.10 Å². The van der Waals surface area contributed by atoms with Gasteiger partial charge in [0.1, 0.15) is 0 Å². The standard InChI is InChI=1S/C20H22N4O/c1-15-7-9-16(10-8-15)13-24-14-18(12-21-24)22-20(25)17-5-4-6-19(11-17)23(2)3/h4-12,14H,13H2,1-3H3,(H,22,25). The Morgan fingerprint density at radius 1 is 1.16 bits per heavy atom. The average Bonchev–Trinajstić information content (AvgIpc) is 3.04. The topological polar surface area (TPSA) is 50.2 Å². The van der Waals surface area contributed by atoms with Gasteiger partial charge in [-0.15, -0.1) is 0 Å². The van der Waals surface area contributed by atoms with Crippen molar-refractivity contribution in [2.24, 2.45) is 0 Å². The minimum Gasteiger partial charge on any atom is -0.378 e. The molecule has 0 unspecified atom stereocenters. The molecular formula is C20H22N4O. The highest BCUT2D eigenvalue weighted by atomic mass is 16.1. The monoisotopic (exact) mass is 334 g/mol. The van der Waals surface area contributed by atoms with Gasteiger partial charge in [0.25, 0.3) is 5.91 Å². The van der Waals surface area contributed by atoms with Crippen LogP contribution < -0.4 is 10.2 Å². The van der Waals surface area contributed by atoms with E-state index in [0.29, 0.717) is 17.8 Å². The van der Waals surface area contributed by atoms with Crippen molar-refractivity contribution in [3.05, 3.63) is 77.6 Å². The van der Waals surface area contributed by atoms with Gasteiger partial charge in [-0.1, -0.05) is 35.9 Å². The second-order valence-electron chi connectivity index (χ2n) is 6.31. The molecule has 1 N–H and O–H groups in total. The van der Waals surface area contributed by atoms with Crippen molar-refractivity contribution in [1.82, 2.24) is 9.78 Å². The number of hydrogen-bond acceptors (Lipinski definition) is 3. The molecule has 2 aromatic carbocycles. The molecule has 0 saturated heterocycles. The van der Waals surface area contributed by atoms with E-state index in [2.05, 4.69) is 41.6 Å². The molecule has 5 heteroatoms. The SMILES string of the molecule is Cc1ccc(Cn2cc(NC(=O)c3cccc(N(C)C)c3)cn2)cc1. The largest absolute Gasteiger partial charge is 0.378 e. The highest BCUT2D eigenvalue weighted by molar-refractivity contribution is 6.04. The molecule has 3 aromatic rings. The van der Waals surface area contributed by atoms with Crippen LogP contribution in [0.3, 0.4) is 0 Å². The second-order valence-corrected chi connectivity index (χ2v) is 6.31. The molecule has 0 fully saturated rings. The van der Waals surface area contributed by atoms with E-state index < -0.39 is 0 Å². The van der Waals surface area contributed by atoms with Crippen LogP contribution in [0.15, 0.2) is 60.9 Å². The molecule has 0 atom stereocenters. The van der Waals surface area contributed by atoms with Gasteiger partial charge in [0.15, 0.2) is 0 Å². The summed E-state index contributed by atoms with van der Waals surface area (Å²) in [6.45, 7) is 2.74. The number of carbonyl (C=O) groups is 1. The number of benzene rings is 2. The van der Waals surface area contributed by atoms with E-state index in [9.17, 15) is 4.79 Å². The second kappa shape index (κ2) is 7.21. The van der Waals surface area contributed by atoms with Crippen LogP contribution in [-0.2, 0) is 6.54 Å². The first-order valence-corrected chi connectivity index (χ1v) is 8.18. The molecule has 0 spiro atoms. The molecule has 0 aliphatic carbocycles. The van der Waals surface area contributed by atoms with E-state index in [0.717, 1.165) is 5.69 Å². The summed E-state index contributed by atoms with van der Waals surface area (Å²) < 4.78 is 1.82. The van der Waals surface area contributed by atoms with Crippen LogP contribution >= 0.6 is 0 Å². The van der Waals surface area contributed by atoms with E-state index in [-0.39, 0.29) is 5.91 Å². The van der Waals surface area contributed by atoms with Crippen molar-refractivity contribution in [1.29, 1.82) is 0 Å². The molecule has 0 aliphatic rings. The number of carbonyl (C=O) groups excluding carboxylic acids is 1. The van der Waals surface area contributed by atoms with Crippen LogP contribution in [0.1, 0.15) is 21.5 Å². The molecule has 1 aromatic heterocycles. The first-order chi connectivity index (χ1) is 12.0. The van der Waals surface area contributed by atoms with Crippen molar-refractivity contribution in [3.8, 4) is 0 Å². The summed E-state index contributed by atoms with van der Waals surface area (Å²) in [5, 5.41) is 7.22. The van der Waals surface area contributed by atoms with Crippen LogP contribution in [0, 0.1) is 6.92 Å². The van der Waals surface area contributed by atoms with E-state index >= 15 is 0 Å². The van der Waals surface area contributed by atoms with E-state index in [1.165, 1.54) is 11.1 Å². The van der Waals surface area contributed by atoms with Crippen molar-refractivity contribution in [3.63, 3.8) is 0 Å². The van der Waals surface area contributed by atoms with Crippen molar-refractivity contribution >= 4 is 17.3 Å². The fourth-order valence-electron chi connectivity index (χ4n) is 2.52. The summed E-state index contributed by atoms with van der Waals surface area (Å²) >= 11 is 0. The van der Waals surface area contributed by atoms with Gasteiger partial charge in [-0.05, 0) is 30.7 Å². The normalized spacial score (nSPS) is 10.5. The molecule has 3 rings (SSSR count). The molecule has 1 amide bonds. The summed E-state index contributed by atoms with van der Waals surface area (Å²) in [5.41, 5.74) is 4.70. The van der Waals surface area contributed by atoms with Gasteiger partial charge in [0.05, 0.1) is 18.4 Å². The number of rotatable bonds is 5. The minimum atomic E-state index is -0.140. The zero-order valence-electron chi connectivity index (χ0n) is 14.7. The Morgan fingerprint density at radius 3 is 2.64 bits per heavy atom. The molecule has 0 radical (unpaired) electrons. The molecule has 0 saturated carbocycles. The number of aryl methyl sites for hydroxylation is 1. The zero-order chi connectivity index (χ0) is 17.8. The summed E-state index contributed by atoms with van der Waals surface area (Å²) in [4.78, 5) is 14.4. The maximum absolute atomic E-state index is 12.4. The predicted octanol–water partition coefficient (Wildman–Crippen LogP) is 3.56. The lowest BCUT2D eigenvalue weighted by Crippen LogP contribution is -2.14. The summed E-state index contributed by atoms with van der Waals surface area (Å²) in [6.07, 6.45) is 3.51. The molecule has 25 heavy (non-hydrogen) atoms. The Kier molecular flexibility index (Phi) is 4.84. The third-order valence-corrected chi connectivity index (χ3v) is 3.98. The van der Waals surface area contributed by atoms with Gasteiger partial charge in [-0.3, -0.25) is 9.48 Å². The van der Waals surface area contributed by atoms with Gasteiger partial charge < -0.3 is 10.2 Å². The van der Waals surface area contributed by atoms with Crippen LogP contribution in [0.25, 0.3) is 0 Å². The minimum absolute atomic E-state index is 0.140. The fourth-order valence-corrected chi connectivity index (χ4v) is 2.52. The van der Waals surface area contributed by atoms with E-state index in [4.69, 9.17) is 0 Å². The maximum Gasteiger partial charge on any atom is 0.255 e. The maximum atomic E-state index is 12.4. The van der Waals surface area contributed by atoms with Crippen molar-refractivity contribution in [2.45, 2.75) is 13.5 Å². The van der Waals surface area contributed by atoms with Gasteiger partial charge in [-0.25, -0.2) is 0 Å². The van der Waals surface area contributed by atoms with E-state index in [1.54, 1.807) is 12.3 Å². The molecule has 1 heterocycles. The number of amides is 1. The first-order valence-electron chi connectivity index (χ1n) is 8.18. The van der Waals surface area contributed by atoms with E-state index in [1.807, 2.05) is 48.1 Å². The average molecular weight is 334 g/mol. The Hall–Kier alpha value is -3.08. The molecular weight excluding hydrogens is 312 g/mol. The molecule has 0 bridgehead atoms. The Bertz CT molecular complexity index is 865. The summed E-state index contributed by atoms with van der Waals surface area (Å²) in [6, 6.07) is 15.9. The Balaban J connectivity index is 1.67. The van der Waals surface area contributed by atoms with Crippen LogP contribution in [-0.4, -0.2) is 29.8 Å². The van der Waals surface area contributed by atoms with Crippen LogP contribution in [0.4, 0.5) is 11.4 Å². The molecule has 0 aliphatic heterocycles. The quantitative estimate of drug-likeness (QED) is 0.776. The fraction of sp³-hybridized carbons (Fsp3) is 0.200. The number of aromatic nitrogens is 2. The number of hydrogen-bond donors (Lipinski definition) is 1. The predicted molar refractivity (Wildman–Crippen MR) is 101 cm³/mol. The Morgan fingerprint density at radius 2 is 1.92 bits per heavy atom. The highest BCUT2D eigenvalue weighted by Gasteiger charge is 2.09. The van der Waals surface area contributed by atoms with Crippen molar-refractivity contribution in [2.75, 3.05) is 24.3 Å². The van der Waals surface area contributed by atoms with Crippen LogP contribution in [0.2, 0.25) is 0 Å². The van der Waals surface area contributed by atoms with Gasteiger partial charge in [0.2, 0.25) is 0 Å². The highest BCUT2D eigenvalue weighted by Crippen LogP contribution is 2.15. The lowest BCUT2D eigenvalue weighted by atomic mass is 10.1. The lowest BCUT2D eigenvalue weighted by molar-refractivity contribution is 0.102. The number of nitrogens with zero attached hydrogens (tertiary/aromatic N) is 3.